The molecule has 2 amide bonds. The van der Waals surface area contributed by atoms with Crippen molar-refractivity contribution in [2.75, 3.05) is 31.5 Å². The number of thiophene rings is 1. The van der Waals surface area contributed by atoms with Crippen LogP contribution in [-0.4, -0.2) is 42.9 Å². The summed E-state index contributed by atoms with van der Waals surface area (Å²) < 4.78 is 5.06. The van der Waals surface area contributed by atoms with Gasteiger partial charge >= 0.3 is 0 Å². The molecule has 0 spiro atoms. The quantitative estimate of drug-likeness (QED) is 0.768. The molecule has 0 unspecified atom stereocenters. The highest BCUT2D eigenvalue weighted by molar-refractivity contribution is 7.18. The maximum Gasteiger partial charge on any atom is 0.291 e. The van der Waals surface area contributed by atoms with E-state index in [0.717, 1.165) is 25.2 Å². The first-order valence-electron chi connectivity index (χ1n) is 8.01. The molecule has 7 heteroatoms. The van der Waals surface area contributed by atoms with Gasteiger partial charge in [0.2, 0.25) is 0 Å². The Labute approximate surface area is 145 Å². The number of nitrogens with zero attached hydrogens (tertiary/aromatic N) is 1. The molecule has 2 aromatic rings. The number of anilines is 1. The SMILES string of the molecule is CCN(CC)CCNC(=O)c1sc(NC(=O)c2ccco2)cc1C. The standard InChI is InChI=1S/C17H23N3O3S/c1-4-20(5-2)9-8-18-17(22)15-12(3)11-14(24-15)19-16(21)13-7-6-10-23-13/h6-7,10-11H,4-5,8-9H2,1-3H3,(H,18,22)(H,19,21). The summed E-state index contributed by atoms with van der Waals surface area (Å²) in [5, 5.41) is 6.31. The normalized spacial score (nSPS) is 10.8. The van der Waals surface area contributed by atoms with E-state index < -0.39 is 0 Å². The van der Waals surface area contributed by atoms with Gasteiger partial charge in [0.25, 0.3) is 11.8 Å². The Bertz CT molecular complexity index is 675. The lowest BCUT2D eigenvalue weighted by molar-refractivity contribution is 0.0951. The molecule has 0 atom stereocenters. The molecule has 0 bridgehead atoms. The Morgan fingerprint density at radius 1 is 1.25 bits per heavy atom. The number of furan rings is 1. The second-order valence-electron chi connectivity index (χ2n) is 5.34. The zero-order valence-electron chi connectivity index (χ0n) is 14.2. The Balaban J connectivity index is 1.93. The molecule has 0 aromatic carbocycles. The first-order valence-corrected chi connectivity index (χ1v) is 8.82. The predicted octanol–water partition coefficient (Wildman–Crippen LogP) is 2.97. The van der Waals surface area contributed by atoms with E-state index >= 15 is 0 Å². The first-order chi connectivity index (χ1) is 11.5. The van der Waals surface area contributed by atoms with Gasteiger partial charge in [-0.1, -0.05) is 13.8 Å². The minimum atomic E-state index is -0.324. The van der Waals surface area contributed by atoms with Crippen LogP contribution in [0.5, 0.6) is 0 Å². The van der Waals surface area contributed by atoms with Crippen molar-refractivity contribution in [3.05, 3.63) is 40.7 Å². The van der Waals surface area contributed by atoms with Gasteiger partial charge in [-0.3, -0.25) is 9.59 Å². The van der Waals surface area contributed by atoms with E-state index in [9.17, 15) is 9.59 Å². The van der Waals surface area contributed by atoms with Crippen molar-refractivity contribution in [2.24, 2.45) is 0 Å². The molecule has 24 heavy (non-hydrogen) atoms. The molecule has 0 aliphatic carbocycles. The third kappa shape index (κ3) is 4.69. The highest BCUT2D eigenvalue weighted by Crippen LogP contribution is 2.27. The van der Waals surface area contributed by atoms with Gasteiger partial charge in [-0.05, 0) is 43.8 Å². The lowest BCUT2D eigenvalue weighted by Crippen LogP contribution is -2.34. The average Bonchev–Trinajstić information content (AvgIpc) is 3.21. The molecule has 2 N–H and O–H groups in total. The number of likely N-dealkylation sites (N-methyl/N-ethyl adjacent to an activating group) is 1. The number of hydrogen-bond acceptors (Lipinski definition) is 5. The van der Waals surface area contributed by atoms with Crippen molar-refractivity contribution in [1.29, 1.82) is 0 Å². The largest absolute Gasteiger partial charge is 0.459 e. The fraction of sp³-hybridized carbons (Fsp3) is 0.412. The summed E-state index contributed by atoms with van der Waals surface area (Å²) >= 11 is 1.26. The molecule has 2 heterocycles. The fourth-order valence-corrected chi connectivity index (χ4v) is 3.28. The van der Waals surface area contributed by atoms with Crippen molar-refractivity contribution >= 4 is 28.2 Å². The zero-order valence-corrected chi connectivity index (χ0v) is 15.0. The summed E-state index contributed by atoms with van der Waals surface area (Å²) in [4.78, 5) is 27.1. The number of amides is 2. The van der Waals surface area contributed by atoms with Crippen LogP contribution in [0.3, 0.4) is 0 Å². The number of aryl methyl sites for hydroxylation is 1. The van der Waals surface area contributed by atoms with E-state index in [4.69, 9.17) is 4.42 Å². The molecule has 130 valence electrons. The van der Waals surface area contributed by atoms with Crippen LogP contribution in [0.25, 0.3) is 0 Å². The highest BCUT2D eigenvalue weighted by atomic mass is 32.1. The number of rotatable bonds is 8. The number of carbonyl (C=O) groups is 2. The van der Waals surface area contributed by atoms with E-state index in [-0.39, 0.29) is 17.6 Å². The second-order valence-corrected chi connectivity index (χ2v) is 6.39. The number of nitrogens with one attached hydrogen (secondary N) is 2. The van der Waals surface area contributed by atoms with E-state index in [0.29, 0.717) is 16.4 Å². The van der Waals surface area contributed by atoms with Crippen LogP contribution < -0.4 is 10.6 Å². The zero-order chi connectivity index (χ0) is 17.5. The van der Waals surface area contributed by atoms with Crippen LogP contribution in [-0.2, 0) is 0 Å². The van der Waals surface area contributed by atoms with Gasteiger partial charge in [-0.2, -0.15) is 0 Å². The molecule has 0 radical (unpaired) electrons. The van der Waals surface area contributed by atoms with Crippen molar-refractivity contribution < 1.29 is 14.0 Å². The van der Waals surface area contributed by atoms with E-state index in [1.54, 1.807) is 18.2 Å². The third-order valence-corrected chi connectivity index (χ3v) is 4.87. The molecular weight excluding hydrogens is 326 g/mol. The van der Waals surface area contributed by atoms with E-state index in [2.05, 4.69) is 29.4 Å². The summed E-state index contributed by atoms with van der Waals surface area (Å²) in [5.41, 5.74) is 0.843. The van der Waals surface area contributed by atoms with E-state index in [1.165, 1.54) is 17.6 Å². The Morgan fingerprint density at radius 3 is 2.62 bits per heavy atom. The van der Waals surface area contributed by atoms with Crippen LogP contribution in [0, 0.1) is 6.92 Å². The molecule has 6 nitrogen and oxygen atoms in total. The molecule has 0 saturated heterocycles. The van der Waals surface area contributed by atoms with Gasteiger partial charge in [-0.15, -0.1) is 11.3 Å². The molecule has 0 saturated carbocycles. The van der Waals surface area contributed by atoms with Crippen molar-refractivity contribution in [2.45, 2.75) is 20.8 Å². The fourth-order valence-electron chi connectivity index (χ4n) is 2.30. The summed E-state index contributed by atoms with van der Waals surface area (Å²) in [6.07, 6.45) is 1.45. The van der Waals surface area contributed by atoms with Gasteiger partial charge in [0.05, 0.1) is 16.1 Å². The Morgan fingerprint density at radius 2 is 2.00 bits per heavy atom. The van der Waals surface area contributed by atoms with Crippen molar-refractivity contribution in [3.63, 3.8) is 0 Å². The lowest BCUT2D eigenvalue weighted by Gasteiger charge is -2.17. The minimum Gasteiger partial charge on any atom is -0.459 e. The maximum atomic E-state index is 12.3. The van der Waals surface area contributed by atoms with Gasteiger partial charge in [0, 0.05) is 13.1 Å². The van der Waals surface area contributed by atoms with Gasteiger partial charge in [0.1, 0.15) is 0 Å². The van der Waals surface area contributed by atoms with E-state index in [1.807, 2.05) is 6.92 Å². The topological polar surface area (TPSA) is 74.6 Å². The van der Waals surface area contributed by atoms with Crippen molar-refractivity contribution in [3.8, 4) is 0 Å². The summed E-state index contributed by atoms with van der Waals surface area (Å²) in [6, 6.07) is 5.05. The maximum absolute atomic E-state index is 12.3. The average molecular weight is 349 g/mol. The second kappa shape index (κ2) is 8.65. The minimum absolute atomic E-state index is 0.108. The molecule has 0 fully saturated rings. The number of carbonyl (C=O) groups excluding carboxylic acids is 2. The Kier molecular flexibility index (Phi) is 6.57. The van der Waals surface area contributed by atoms with Gasteiger partial charge in [0.15, 0.2) is 5.76 Å². The third-order valence-electron chi connectivity index (χ3n) is 3.71. The van der Waals surface area contributed by atoms with Gasteiger partial charge < -0.3 is 20.0 Å². The monoisotopic (exact) mass is 349 g/mol. The van der Waals surface area contributed by atoms with Gasteiger partial charge in [-0.25, -0.2) is 0 Å². The van der Waals surface area contributed by atoms with Crippen LogP contribution in [0.2, 0.25) is 0 Å². The molecule has 0 aliphatic heterocycles. The van der Waals surface area contributed by atoms with Crippen LogP contribution in [0.1, 0.15) is 39.6 Å². The lowest BCUT2D eigenvalue weighted by atomic mass is 10.2. The predicted molar refractivity (Wildman–Crippen MR) is 95.8 cm³/mol. The molecule has 0 aliphatic rings. The summed E-state index contributed by atoms with van der Waals surface area (Å²) in [5.74, 6) is -0.191. The Hall–Kier alpha value is -2.12. The number of hydrogen-bond donors (Lipinski definition) is 2. The molecule has 2 rings (SSSR count). The smallest absolute Gasteiger partial charge is 0.291 e. The van der Waals surface area contributed by atoms with Crippen LogP contribution in [0.4, 0.5) is 5.00 Å². The van der Waals surface area contributed by atoms with Crippen molar-refractivity contribution in [1.82, 2.24) is 10.2 Å². The summed E-state index contributed by atoms with van der Waals surface area (Å²) in [6.45, 7) is 9.42. The highest BCUT2D eigenvalue weighted by Gasteiger charge is 2.16. The van der Waals surface area contributed by atoms with Crippen LogP contribution in [0.15, 0.2) is 28.9 Å². The van der Waals surface area contributed by atoms with Crippen LogP contribution >= 0.6 is 11.3 Å². The molecular formula is C17H23N3O3S. The summed E-state index contributed by atoms with van der Waals surface area (Å²) in [7, 11) is 0. The molecule has 2 aromatic heterocycles. The first kappa shape index (κ1) is 18.2.